The first kappa shape index (κ1) is 20.8. The number of esters is 1. The molecule has 0 aromatic heterocycles. The molecule has 0 spiro atoms. The smallest absolute Gasteiger partial charge is 0.355 e. The van der Waals surface area contributed by atoms with Gasteiger partial charge in [0.05, 0.1) is 6.42 Å². The molecule has 0 radical (unpaired) electrons. The first-order valence-corrected chi connectivity index (χ1v) is 11.1. The predicted octanol–water partition coefficient (Wildman–Crippen LogP) is 3.22. The van der Waals surface area contributed by atoms with Crippen LogP contribution < -0.4 is 0 Å². The summed E-state index contributed by atoms with van der Waals surface area (Å²) in [7, 11) is -3.53. The fraction of sp³-hybridized carbons (Fsp3) is 0.273. The maximum absolute atomic E-state index is 13.1. The first-order chi connectivity index (χ1) is 13.7. The van der Waals surface area contributed by atoms with Gasteiger partial charge in [0.15, 0.2) is 15.9 Å². The Hall–Kier alpha value is -2.93. The second-order valence-electron chi connectivity index (χ2n) is 7.21. The number of amides is 1. The highest BCUT2D eigenvalue weighted by Gasteiger charge is 2.47. The molecule has 1 atom stereocenters. The summed E-state index contributed by atoms with van der Waals surface area (Å²) in [6.45, 7) is 3.31. The zero-order chi connectivity index (χ0) is 21.2. The molecule has 7 heteroatoms. The second kappa shape index (κ2) is 8.21. The van der Waals surface area contributed by atoms with Crippen LogP contribution in [0.4, 0.5) is 0 Å². The minimum absolute atomic E-state index is 0.0199. The Labute approximate surface area is 170 Å². The van der Waals surface area contributed by atoms with E-state index < -0.39 is 33.2 Å². The lowest BCUT2D eigenvalue weighted by Gasteiger charge is -2.40. The molecule has 1 heterocycles. The van der Waals surface area contributed by atoms with E-state index in [1.54, 1.807) is 13.8 Å². The minimum Gasteiger partial charge on any atom is -0.448 e. The lowest BCUT2D eigenvalue weighted by Crippen LogP contribution is -2.57. The summed E-state index contributed by atoms with van der Waals surface area (Å²) in [5, 5.41) is -1.04. The molecule has 1 aliphatic heterocycles. The van der Waals surface area contributed by atoms with Gasteiger partial charge in [0.25, 0.3) is 0 Å². The third-order valence-electron chi connectivity index (χ3n) is 4.74. The molecular formula is C22H23NO5S. The van der Waals surface area contributed by atoms with Gasteiger partial charge in [-0.1, -0.05) is 60.7 Å². The van der Waals surface area contributed by atoms with Gasteiger partial charge in [-0.15, -0.1) is 0 Å². The van der Waals surface area contributed by atoms with Gasteiger partial charge in [-0.25, -0.2) is 13.2 Å². The number of carbonyl (C=O) groups is 2. The summed E-state index contributed by atoms with van der Waals surface area (Å²) in [5.74, 6) is -1.14. The first-order valence-electron chi connectivity index (χ1n) is 9.19. The van der Waals surface area contributed by atoms with Crippen LogP contribution in [-0.4, -0.2) is 36.8 Å². The Kier molecular flexibility index (Phi) is 5.88. The van der Waals surface area contributed by atoms with Gasteiger partial charge in [-0.2, -0.15) is 0 Å². The zero-order valence-electron chi connectivity index (χ0n) is 16.5. The Morgan fingerprint density at radius 2 is 1.48 bits per heavy atom. The number of rotatable bonds is 6. The zero-order valence-corrected chi connectivity index (χ0v) is 17.3. The summed E-state index contributed by atoms with van der Waals surface area (Å²) in [6, 6.07) is 18.5. The number of sulfone groups is 1. The van der Waals surface area contributed by atoms with Crippen molar-refractivity contribution in [1.82, 2.24) is 4.90 Å². The molecule has 1 amide bonds. The van der Waals surface area contributed by atoms with Crippen molar-refractivity contribution >= 4 is 21.7 Å². The molecule has 29 heavy (non-hydrogen) atoms. The van der Waals surface area contributed by atoms with Crippen molar-refractivity contribution in [3.8, 4) is 0 Å². The van der Waals surface area contributed by atoms with Crippen molar-refractivity contribution in [2.24, 2.45) is 0 Å². The average molecular weight is 413 g/mol. The van der Waals surface area contributed by atoms with E-state index in [-0.39, 0.29) is 12.1 Å². The molecule has 1 saturated heterocycles. The summed E-state index contributed by atoms with van der Waals surface area (Å²) in [5.41, 5.74) is 2.04. The van der Waals surface area contributed by atoms with E-state index in [0.717, 1.165) is 22.3 Å². The lowest BCUT2D eigenvalue weighted by atomic mass is 10.0. The van der Waals surface area contributed by atoms with Crippen LogP contribution in [0.15, 0.2) is 71.9 Å². The van der Waals surface area contributed by atoms with Crippen LogP contribution in [0.3, 0.4) is 0 Å². The number of hydrogen-bond donors (Lipinski definition) is 0. The van der Waals surface area contributed by atoms with E-state index >= 15 is 0 Å². The summed E-state index contributed by atoms with van der Waals surface area (Å²) < 4.78 is 29.9. The van der Waals surface area contributed by atoms with Crippen LogP contribution in [0.2, 0.25) is 0 Å². The van der Waals surface area contributed by atoms with Gasteiger partial charge >= 0.3 is 5.97 Å². The van der Waals surface area contributed by atoms with Gasteiger partial charge in [0.2, 0.25) is 5.91 Å². The molecule has 152 valence electrons. The molecule has 3 rings (SSSR count). The third-order valence-corrected chi connectivity index (χ3v) is 6.10. The van der Waals surface area contributed by atoms with Crippen molar-refractivity contribution in [3.63, 3.8) is 0 Å². The van der Waals surface area contributed by atoms with Crippen molar-refractivity contribution in [3.05, 3.63) is 83.1 Å². The lowest BCUT2D eigenvalue weighted by molar-refractivity contribution is -0.151. The summed E-state index contributed by atoms with van der Waals surface area (Å²) in [6.07, 6.45) is 0.234. The van der Waals surface area contributed by atoms with E-state index in [4.69, 9.17) is 4.74 Å². The number of likely N-dealkylation sites (tertiary alicyclic amines) is 1. The fourth-order valence-electron chi connectivity index (χ4n) is 3.29. The molecular weight excluding hydrogens is 390 g/mol. The summed E-state index contributed by atoms with van der Waals surface area (Å²) in [4.78, 5) is 26.4. The molecule has 0 unspecified atom stereocenters. The Bertz CT molecular complexity index is 1000. The van der Waals surface area contributed by atoms with Crippen LogP contribution >= 0.6 is 0 Å². The van der Waals surface area contributed by atoms with E-state index in [1.807, 2.05) is 60.7 Å². The highest BCUT2D eigenvalue weighted by Crippen LogP contribution is 2.33. The third kappa shape index (κ3) is 4.40. The van der Waals surface area contributed by atoms with Crippen LogP contribution in [0, 0.1) is 0 Å². The van der Waals surface area contributed by atoms with Gasteiger partial charge in [-0.05, 0) is 30.5 Å². The SMILES string of the molecule is CC(C)=C(C(=O)OC(c1ccccc1)c1ccccc1)N1C(=O)C[C@H]1S(C)(=O)=O. The highest BCUT2D eigenvalue weighted by molar-refractivity contribution is 7.91. The molecule has 2 aromatic rings. The van der Waals surface area contributed by atoms with Crippen LogP contribution in [-0.2, 0) is 24.2 Å². The van der Waals surface area contributed by atoms with E-state index in [9.17, 15) is 18.0 Å². The Morgan fingerprint density at radius 1 is 1.00 bits per heavy atom. The quantitative estimate of drug-likeness (QED) is 0.413. The highest BCUT2D eigenvalue weighted by atomic mass is 32.2. The Balaban J connectivity index is 1.96. The van der Waals surface area contributed by atoms with Crippen molar-refractivity contribution in [2.45, 2.75) is 31.7 Å². The van der Waals surface area contributed by atoms with E-state index in [1.165, 1.54) is 0 Å². The van der Waals surface area contributed by atoms with Crippen LogP contribution in [0.1, 0.15) is 37.5 Å². The van der Waals surface area contributed by atoms with E-state index in [2.05, 4.69) is 0 Å². The molecule has 0 N–H and O–H groups in total. The topological polar surface area (TPSA) is 80.8 Å². The molecule has 1 aliphatic rings. The van der Waals surface area contributed by atoms with Gasteiger partial charge < -0.3 is 4.74 Å². The van der Waals surface area contributed by atoms with Gasteiger partial charge in [0.1, 0.15) is 11.1 Å². The molecule has 0 aliphatic carbocycles. The number of benzene rings is 2. The van der Waals surface area contributed by atoms with Gasteiger partial charge in [-0.3, -0.25) is 9.69 Å². The number of allylic oxidation sites excluding steroid dienone is 1. The monoisotopic (exact) mass is 413 g/mol. The number of hydrogen-bond acceptors (Lipinski definition) is 5. The number of ether oxygens (including phenoxy) is 1. The summed E-state index contributed by atoms with van der Waals surface area (Å²) >= 11 is 0. The number of nitrogens with zero attached hydrogens (tertiary/aromatic N) is 1. The standard InChI is InChI=1S/C22H23NO5S/c1-15(2)20(23-18(24)14-19(23)29(3,26)27)22(25)28-21(16-10-6-4-7-11-16)17-12-8-5-9-13-17/h4-13,19,21H,14H2,1-3H3/t19-/m1/s1. The average Bonchev–Trinajstić information content (AvgIpc) is 2.68. The molecule has 2 aromatic carbocycles. The van der Waals surface area contributed by atoms with Crippen LogP contribution in [0.5, 0.6) is 0 Å². The molecule has 0 saturated carbocycles. The fourth-order valence-corrected chi connectivity index (χ4v) is 4.34. The molecule has 1 fully saturated rings. The van der Waals surface area contributed by atoms with Gasteiger partial charge in [0, 0.05) is 6.26 Å². The molecule has 6 nitrogen and oxygen atoms in total. The largest absolute Gasteiger partial charge is 0.448 e. The molecule has 0 bridgehead atoms. The minimum atomic E-state index is -3.53. The number of β-lactam (4-membered cyclic amide) rings is 1. The van der Waals surface area contributed by atoms with Crippen molar-refractivity contribution < 1.29 is 22.7 Å². The normalized spacial score (nSPS) is 16.3. The maximum Gasteiger partial charge on any atom is 0.355 e. The van der Waals surface area contributed by atoms with Crippen molar-refractivity contribution in [1.29, 1.82) is 0 Å². The van der Waals surface area contributed by atoms with Crippen LogP contribution in [0.25, 0.3) is 0 Å². The van der Waals surface area contributed by atoms with E-state index in [0.29, 0.717) is 5.57 Å². The maximum atomic E-state index is 13.1. The second-order valence-corrected chi connectivity index (χ2v) is 9.41. The number of carbonyl (C=O) groups excluding carboxylic acids is 2. The van der Waals surface area contributed by atoms with Crippen molar-refractivity contribution in [2.75, 3.05) is 6.26 Å². The predicted molar refractivity (Wildman–Crippen MR) is 109 cm³/mol. The Morgan fingerprint density at radius 3 is 1.86 bits per heavy atom.